The number of halogens is 1. The van der Waals surface area contributed by atoms with E-state index in [1.54, 1.807) is 19.1 Å². The fraction of sp³-hybridized carbons (Fsp3) is 0.370. The number of phenols is 1. The summed E-state index contributed by atoms with van der Waals surface area (Å²) in [5.74, 6) is 0.114. The maximum atomic E-state index is 14.9. The third-order valence-electron chi connectivity index (χ3n) is 7.47. The number of ether oxygens (including phenoxy) is 1. The van der Waals surface area contributed by atoms with Gasteiger partial charge < -0.3 is 24.1 Å². The topological polar surface area (TPSA) is 91.9 Å². The summed E-state index contributed by atoms with van der Waals surface area (Å²) in [6.45, 7) is 5.61. The van der Waals surface area contributed by atoms with Crippen molar-refractivity contribution in [2.75, 3.05) is 38.2 Å². The Balaban J connectivity index is 1.51. The molecule has 186 valence electrons. The summed E-state index contributed by atoms with van der Waals surface area (Å²) in [5.41, 5.74) is 0.605. The van der Waals surface area contributed by atoms with E-state index in [1.807, 2.05) is 0 Å². The fourth-order valence-electron chi connectivity index (χ4n) is 5.49. The number of hydrogen-bond acceptors (Lipinski definition) is 8. The van der Waals surface area contributed by atoms with Crippen LogP contribution in [-0.4, -0.2) is 59.3 Å². The van der Waals surface area contributed by atoms with Gasteiger partial charge in [0.25, 0.3) is 0 Å². The molecule has 2 aromatic carbocycles. The van der Waals surface area contributed by atoms with Crippen LogP contribution in [0.5, 0.6) is 11.8 Å². The zero-order chi connectivity index (χ0) is 25.0. The van der Waals surface area contributed by atoms with Gasteiger partial charge in [-0.05, 0) is 62.9 Å². The maximum Gasteiger partial charge on any atom is 0.349 e. The smallest absolute Gasteiger partial charge is 0.349 e. The number of phenolic OH excluding ortho intramolecular Hbond substituents is 1. The highest BCUT2D eigenvalue weighted by Gasteiger charge is 2.30. The van der Waals surface area contributed by atoms with Gasteiger partial charge >= 0.3 is 11.6 Å². The molecule has 4 heterocycles. The Morgan fingerprint density at radius 2 is 1.89 bits per heavy atom. The summed E-state index contributed by atoms with van der Waals surface area (Å²) < 4.78 is 26.1. The van der Waals surface area contributed by atoms with E-state index in [4.69, 9.17) is 9.15 Å². The molecule has 0 amide bonds. The summed E-state index contributed by atoms with van der Waals surface area (Å²) in [5, 5.41) is 11.4. The van der Waals surface area contributed by atoms with Crippen molar-refractivity contribution in [2.45, 2.75) is 32.2 Å². The van der Waals surface area contributed by atoms with E-state index >= 15 is 0 Å². The van der Waals surface area contributed by atoms with Crippen molar-refractivity contribution in [1.29, 1.82) is 0 Å². The number of rotatable bonds is 4. The first kappa shape index (κ1) is 22.7. The Morgan fingerprint density at radius 1 is 1.11 bits per heavy atom. The minimum Gasteiger partial charge on any atom is -0.508 e. The van der Waals surface area contributed by atoms with Crippen LogP contribution in [0.15, 0.2) is 39.5 Å². The molecule has 4 aromatic rings. The Kier molecular flexibility index (Phi) is 5.52. The first-order valence-corrected chi connectivity index (χ1v) is 12.2. The molecule has 2 aliphatic heterocycles. The molecular formula is C27H27FN4O4. The third-order valence-corrected chi connectivity index (χ3v) is 7.47. The van der Waals surface area contributed by atoms with Crippen LogP contribution < -0.4 is 15.3 Å². The number of likely N-dealkylation sites (tertiary alicyclic amines) is 1. The van der Waals surface area contributed by atoms with E-state index in [-0.39, 0.29) is 33.9 Å². The van der Waals surface area contributed by atoms with Gasteiger partial charge in [0.05, 0.1) is 12.6 Å². The van der Waals surface area contributed by atoms with Crippen LogP contribution in [0.4, 0.5) is 10.2 Å². The second-order valence-electron chi connectivity index (χ2n) is 9.54. The molecule has 0 atom stereocenters. The molecule has 0 aliphatic carbocycles. The van der Waals surface area contributed by atoms with Gasteiger partial charge in [-0.1, -0.05) is 12.1 Å². The molecule has 2 fully saturated rings. The number of aryl methyl sites for hydroxylation is 1. The van der Waals surface area contributed by atoms with Gasteiger partial charge in [0.15, 0.2) is 5.82 Å². The summed E-state index contributed by atoms with van der Waals surface area (Å²) in [6, 6.07) is 8.19. The predicted octanol–water partition coefficient (Wildman–Crippen LogP) is 4.24. The van der Waals surface area contributed by atoms with Crippen molar-refractivity contribution in [3.63, 3.8) is 0 Å². The van der Waals surface area contributed by atoms with Gasteiger partial charge in [0.2, 0.25) is 0 Å². The van der Waals surface area contributed by atoms with E-state index in [0.717, 1.165) is 39.0 Å². The van der Waals surface area contributed by atoms with Crippen molar-refractivity contribution in [3.8, 4) is 23.1 Å². The minimum atomic E-state index is -0.610. The Labute approximate surface area is 206 Å². The van der Waals surface area contributed by atoms with Crippen LogP contribution in [0.3, 0.4) is 0 Å². The molecule has 0 saturated carbocycles. The summed E-state index contributed by atoms with van der Waals surface area (Å²) in [4.78, 5) is 27.1. The second kappa shape index (κ2) is 8.74. The lowest BCUT2D eigenvalue weighted by molar-refractivity contribution is 0.100. The minimum absolute atomic E-state index is 0.0590. The third kappa shape index (κ3) is 3.65. The normalized spacial score (nSPS) is 17.0. The first-order chi connectivity index (χ1) is 17.4. The van der Waals surface area contributed by atoms with Gasteiger partial charge in [-0.25, -0.2) is 9.18 Å². The highest BCUT2D eigenvalue weighted by molar-refractivity contribution is 6.00. The monoisotopic (exact) mass is 490 g/mol. The lowest BCUT2D eigenvalue weighted by Crippen LogP contribution is -2.50. The quantitative estimate of drug-likeness (QED) is 0.454. The van der Waals surface area contributed by atoms with Gasteiger partial charge in [-0.2, -0.15) is 9.97 Å². The Hall–Kier alpha value is -3.72. The standard InChI is InChI=1S/C27H27FN4O4/c1-15-23-22(25(30-27(29-23)35-2)32-11-7-17(8-12-32)31-9-4-10-31)26(34)36-24(15)19-14-18(33)13-16-5-3-6-20(28)21(16)19/h3,5-6,13-14,17,33H,4,7-12H2,1-2H3. The van der Waals surface area contributed by atoms with Crippen LogP contribution in [-0.2, 0) is 0 Å². The van der Waals surface area contributed by atoms with Crippen LogP contribution in [0.2, 0.25) is 0 Å². The molecule has 2 aromatic heterocycles. The molecule has 6 rings (SSSR count). The van der Waals surface area contributed by atoms with E-state index < -0.39 is 11.4 Å². The molecule has 36 heavy (non-hydrogen) atoms. The maximum absolute atomic E-state index is 14.9. The second-order valence-corrected chi connectivity index (χ2v) is 9.54. The molecule has 0 radical (unpaired) electrons. The van der Waals surface area contributed by atoms with E-state index in [0.29, 0.717) is 28.3 Å². The number of benzene rings is 2. The van der Waals surface area contributed by atoms with E-state index in [9.17, 15) is 14.3 Å². The number of anilines is 1. The van der Waals surface area contributed by atoms with Gasteiger partial charge in [-0.15, -0.1) is 0 Å². The van der Waals surface area contributed by atoms with Crippen molar-refractivity contribution in [1.82, 2.24) is 14.9 Å². The lowest BCUT2D eigenvalue weighted by Gasteiger charge is -2.43. The number of aromatic hydroxyl groups is 1. The molecule has 0 bridgehead atoms. The molecule has 0 spiro atoms. The number of methoxy groups -OCH3 is 1. The number of fused-ring (bicyclic) bond motifs is 2. The van der Waals surface area contributed by atoms with Crippen molar-refractivity contribution < 1.29 is 18.7 Å². The van der Waals surface area contributed by atoms with Gasteiger partial charge in [0, 0.05) is 35.6 Å². The highest BCUT2D eigenvalue weighted by atomic mass is 19.1. The number of piperidine rings is 1. The highest BCUT2D eigenvalue weighted by Crippen LogP contribution is 2.38. The van der Waals surface area contributed by atoms with Crippen LogP contribution >= 0.6 is 0 Å². The molecular weight excluding hydrogens is 463 g/mol. The summed E-state index contributed by atoms with van der Waals surface area (Å²) >= 11 is 0. The summed E-state index contributed by atoms with van der Waals surface area (Å²) in [6.07, 6.45) is 3.24. The van der Waals surface area contributed by atoms with Gasteiger partial charge in [-0.3, -0.25) is 0 Å². The fourth-order valence-corrected chi connectivity index (χ4v) is 5.49. The van der Waals surface area contributed by atoms with E-state index in [2.05, 4.69) is 19.8 Å². The predicted molar refractivity (Wildman–Crippen MR) is 135 cm³/mol. The van der Waals surface area contributed by atoms with Crippen molar-refractivity contribution in [2.24, 2.45) is 0 Å². The number of hydrogen-bond donors (Lipinski definition) is 1. The number of aromatic nitrogens is 2. The van der Waals surface area contributed by atoms with Crippen molar-refractivity contribution in [3.05, 3.63) is 52.1 Å². The largest absolute Gasteiger partial charge is 0.508 e. The Bertz CT molecular complexity index is 1540. The summed E-state index contributed by atoms with van der Waals surface area (Å²) in [7, 11) is 1.49. The van der Waals surface area contributed by atoms with Crippen molar-refractivity contribution >= 4 is 27.5 Å². The first-order valence-electron chi connectivity index (χ1n) is 12.2. The lowest BCUT2D eigenvalue weighted by atomic mass is 9.98. The average molecular weight is 491 g/mol. The van der Waals surface area contributed by atoms with Crippen LogP contribution in [0.1, 0.15) is 24.8 Å². The zero-order valence-electron chi connectivity index (χ0n) is 20.3. The zero-order valence-corrected chi connectivity index (χ0v) is 20.3. The van der Waals surface area contributed by atoms with Crippen LogP contribution in [0.25, 0.3) is 33.0 Å². The molecule has 1 N–H and O–H groups in total. The molecule has 0 unspecified atom stereocenters. The van der Waals surface area contributed by atoms with Crippen LogP contribution in [0, 0.1) is 12.7 Å². The molecule has 8 nitrogen and oxygen atoms in total. The SMILES string of the molecule is COc1nc(N2CCC(N3CCC3)CC2)c2c(=O)oc(-c3cc(O)cc4cccc(F)c34)c(C)c2n1. The van der Waals surface area contributed by atoms with E-state index in [1.165, 1.54) is 31.7 Å². The molecule has 9 heteroatoms. The van der Waals surface area contributed by atoms with Gasteiger partial charge in [0.1, 0.15) is 22.7 Å². The molecule has 2 saturated heterocycles. The number of nitrogens with zero attached hydrogens (tertiary/aromatic N) is 4. The average Bonchev–Trinajstić information content (AvgIpc) is 2.84. The molecule has 2 aliphatic rings. The Morgan fingerprint density at radius 3 is 2.58 bits per heavy atom.